The number of rotatable bonds is 4. The topological polar surface area (TPSA) is 72.2 Å². The molecule has 0 heterocycles. The molecule has 0 atom stereocenters. The Balaban J connectivity index is 3.01. The Morgan fingerprint density at radius 1 is 1.56 bits per heavy atom. The summed E-state index contributed by atoms with van der Waals surface area (Å²) in [5.74, 6) is -1.33. The number of thiocarbonyl (C=S) groups is 1. The van der Waals surface area contributed by atoms with Crippen LogP contribution >= 0.6 is 23.8 Å². The largest absolute Gasteiger partial charge is 0.392 e. The van der Waals surface area contributed by atoms with Gasteiger partial charge in [0, 0.05) is 0 Å². The average Bonchev–Trinajstić information content (AvgIpc) is 2.09. The Kier molecular flexibility index (Phi) is 4.06. The minimum absolute atomic E-state index is 0.0356. The van der Waals surface area contributed by atoms with E-state index in [0.29, 0.717) is 0 Å². The minimum atomic E-state index is -3.82. The van der Waals surface area contributed by atoms with Crippen molar-refractivity contribution in [2.45, 2.75) is 0 Å². The maximum atomic E-state index is 13.2. The lowest BCUT2D eigenvalue weighted by Crippen LogP contribution is -2.26. The Bertz CT molecular complexity index is 499. The lowest BCUT2D eigenvalue weighted by Gasteiger charge is -2.09. The summed E-state index contributed by atoms with van der Waals surface area (Å²) in [6, 6.07) is 3.82. The highest BCUT2D eigenvalue weighted by molar-refractivity contribution is 7.95. The highest BCUT2D eigenvalue weighted by Gasteiger charge is 2.16. The fraction of sp³-hybridized carbons (Fsp3) is 0.125. The van der Waals surface area contributed by atoms with E-state index in [9.17, 15) is 12.8 Å². The molecule has 3 N–H and O–H groups in total. The van der Waals surface area contributed by atoms with E-state index in [1.54, 1.807) is 0 Å². The van der Waals surface area contributed by atoms with Crippen molar-refractivity contribution >= 4 is 44.5 Å². The first-order valence-electron chi connectivity index (χ1n) is 4.04. The predicted octanol–water partition coefficient (Wildman–Crippen LogP) is 1.51. The second-order valence-electron chi connectivity index (χ2n) is 2.92. The van der Waals surface area contributed by atoms with Crippen LogP contribution in [0.3, 0.4) is 0 Å². The third-order valence-corrected chi connectivity index (χ3v) is 3.40. The Morgan fingerprint density at radius 2 is 2.19 bits per heavy atom. The summed E-state index contributed by atoms with van der Waals surface area (Å²) in [7, 11) is -3.82. The maximum Gasteiger partial charge on any atom is 0.239 e. The van der Waals surface area contributed by atoms with Gasteiger partial charge < -0.3 is 5.73 Å². The zero-order valence-corrected chi connectivity index (χ0v) is 10.3. The number of hydrogen-bond acceptors (Lipinski definition) is 3. The molecule has 16 heavy (non-hydrogen) atoms. The SMILES string of the molecule is NC(=S)CS(=O)(=O)Nc1c(F)cccc1Cl. The summed E-state index contributed by atoms with van der Waals surface area (Å²) in [6.07, 6.45) is 0. The molecule has 0 unspecified atom stereocenters. The van der Waals surface area contributed by atoms with Crippen LogP contribution in [0.15, 0.2) is 18.2 Å². The number of hydrogen-bond donors (Lipinski definition) is 2. The van der Waals surface area contributed by atoms with E-state index in [1.165, 1.54) is 12.1 Å². The van der Waals surface area contributed by atoms with Gasteiger partial charge in [0.15, 0.2) is 0 Å². The molecule has 1 rings (SSSR count). The van der Waals surface area contributed by atoms with Crippen molar-refractivity contribution in [2.24, 2.45) is 5.73 Å². The summed E-state index contributed by atoms with van der Waals surface area (Å²) in [6.45, 7) is 0. The van der Waals surface area contributed by atoms with E-state index in [-0.39, 0.29) is 15.7 Å². The van der Waals surface area contributed by atoms with Gasteiger partial charge in [0.05, 0.1) is 10.0 Å². The van der Waals surface area contributed by atoms with Gasteiger partial charge in [0.1, 0.15) is 17.3 Å². The molecular formula is C8H8ClFN2O2S2. The molecule has 0 bridgehead atoms. The molecule has 0 spiro atoms. The Hall–Kier alpha value is -0.920. The van der Waals surface area contributed by atoms with Gasteiger partial charge in [-0.3, -0.25) is 4.72 Å². The molecule has 1 aromatic rings. The second-order valence-corrected chi connectivity index (χ2v) is 5.58. The van der Waals surface area contributed by atoms with Crippen molar-refractivity contribution in [1.29, 1.82) is 0 Å². The van der Waals surface area contributed by atoms with Crippen LogP contribution in [-0.2, 0) is 10.0 Å². The zero-order valence-electron chi connectivity index (χ0n) is 7.91. The van der Waals surface area contributed by atoms with E-state index in [4.69, 9.17) is 17.3 Å². The summed E-state index contributed by atoms with van der Waals surface area (Å²) >= 11 is 10.1. The highest BCUT2D eigenvalue weighted by atomic mass is 35.5. The van der Waals surface area contributed by atoms with Gasteiger partial charge in [-0.25, -0.2) is 12.8 Å². The van der Waals surface area contributed by atoms with Crippen molar-refractivity contribution in [3.63, 3.8) is 0 Å². The molecule has 0 aliphatic heterocycles. The number of halogens is 2. The van der Waals surface area contributed by atoms with Crippen LogP contribution in [0.2, 0.25) is 5.02 Å². The van der Waals surface area contributed by atoms with E-state index in [2.05, 4.69) is 12.2 Å². The lowest BCUT2D eigenvalue weighted by molar-refractivity contribution is 0.602. The Morgan fingerprint density at radius 3 is 2.69 bits per heavy atom. The van der Waals surface area contributed by atoms with Crippen LogP contribution < -0.4 is 10.5 Å². The third-order valence-electron chi connectivity index (χ3n) is 1.55. The van der Waals surface area contributed by atoms with Crippen LogP contribution in [0.5, 0.6) is 0 Å². The monoisotopic (exact) mass is 282 g/mol. The number of anilines is 1. The number of nitrogens with two attached hydrogens (primary N) is 1. The molecule has 4 nitrogen and oxygen atoms in total. The van der Waals surface area contributed by atoms with Crippen LogP contribution in [0, 0.1) is 5.82 Å². The minimum Gasteiger partial charge on any atom is -0.392 e. The summed E-state index contributed by atoms with van der Waals surface area (Å²) in [4.78, 5) is -0.208. The average molecular weight is 283 g/mol. The molecule has 0 amide bonds. The smallest absolute Gasteiger partial charge is 0.239 e. The van der Waals surface area contributed by atoms with Crippen LogP contribution in [0.25, 0.3) is 0 Å². The Labute approximate surface area is 103 Å². The summed E-state index contributed by atoms with van der Waals surface area (Å²) in [5.41, 5.74) is 4.79. The molecule has 8 heteroatoms. The van der Waals surface area contributed by atoms with Gasteiger partial charge in [-0.05, 0) is 12.1 Å². The van der Waals surface area contributed by atoms with Crippen molar-refractivity contribution in [3.8, 4) is 0 Å². The van der Waals surface area contributed by atoms with Gasteiger partial charge in [-0.2, -0.15) is 0 Å². The number of benzene rings is 1. The first kappa shape index (κ1) is 13.1. The molecular weight excluding hydrogens is 275 g/mol. The fourth-order valence-corrected chi connectivity index (χ4v) is 2.67. The number of para-hydroxylation sites is 1. The van der Waals surface area contributed by atoms with Gasteiger partial charge in [0.25, 0.3) is 0 Å². The van der Waals surface area contributed by atoms with Crippen molar-refractivity contribution in [3.05, 3.63) is 29.0 Å². The number of sulfonamides is 1. The van der Waals surface area contributed by atoms with Gasteiger partial charge in [-0.1, -0.05) is 29.9 Å². The van der Waals surface area contributed by atoms with Crippen molar-refractivity contribution < 1.29 is 12.8 Å². The first-order valence-corrected chi connectivity index (χ1v) is 6.48. The van der Waals surface area contributed by atoms with Gasteiger partial charge in [-0.15, -0.1) is 0 Å². The van der Waals surface area contributed by atoms with Crippen molar-refractivity contribution in [2.75, 3.05) is 10.5 Å². The van der Waals surface area contributed by atoms with Crippen LogP contribution in [0.4, 0.5) is 10.1 Å². The second kappa shape index (κ2) is 4.94. The fourth-order valence-electron chi connectivity index (χ4n) is 0.974. The van der Waals surface area contributed by atoms with Crippen LogP contribution in [-0.4, -0.2) is 19.2 Å². The van der Waals surface area contributed by atoms with Crippen LogP contribution in [0.1, 0.15) is 0 Å². The van der Waals surface area contributed by atoms with E-state index in [0.717, 1.165) is 6.07 Å². The molecule has 1 aromatic carbocycles. The van der Waals surface area contributed by atoms with E-state index >= 15 is 0 Å². The molecule has 0 radical (unpaired) electrons. The number of nitrogens with one attached hydrogen (secondary N) is 1. The quantitative estimate of drug-likeness (QED) is 0.821. The standard InChI is InChI=1S/C8H8ClFN2O2S2/c9-5-2-1-3-6(10)8(5)12-16(13,14)4-7(11)15/h1-3,12H,4H2,(H2,11,15). The van der Waals surface area contributed by atoms with E-state index < -0.39 is 21.6 Å². The highest BCUT2D eigenvalue weighted by Crippen LogP contribution is 2.25. The molecule has 0 saturated carbocycles. The molecule has 88 valence electrons. The van der Waals surface area contributed by atoms with Crippen molar-refractivity contribution in [1.82, 2.24) is 0 Å². The first-order chi connectivity index (χ1) is 7.32. The predicted molar refractivity (Wildman–Crippen MR) is 65.6 cm³/mol. The van der Waals surface area contributed by atoms with E-state index in [1.807, 2.05) is 4.72 Å². The summed E-state index contributed by atoms with van der Waals surface area (Å²) in [5, 5.41) is -0.0356. The normalized spacial score (nSPS) is 11.1. The molecule has 0 aliphatic rings. The summed E-state index contributed by atoms with van der Waals surface area (Å²) < 4.78 is 38.0. The molecule has 0 aromatic heterocycles. The maximum absolute atomic E-state index is 13.2. The third kappa shape index (κ3) is 3.58. The zero-order chi connectivity index (χ0) is 12.3. The molecule has 0 fully saturated rings. The molecule has 0 aliphatic carbocycles. The van der Waals surface area contributed by atoms with Gasteiger partial charge >= 0.3 is 0 Å². The van der Waals surface area contributed by atoms with Gasteiger partial charge in [0.2, 0.25) is 10.0 Å². The lowest BCUT2D eigenvalue weighted by atomic mass is 10.3. The molecule has 0 saturated heterocycles.